The molecule has 0 fully saturated rings. The van der Waals surface area contributed by atoms with Crippen LogP contribution >= 0.6 is 0 Å². The van der Waals surface area contributed by atoms with E-state index >= 15 is 0 Å². The summed E-state index contributed by atoms with van der Waals surface area (Å²) in [6.45, 7) is 2.05. The zero-order valence-electron chi connectivity index (χ0n) is 15.9. The van der Waals surface area contributed by atoms with Crippen molar-refractivity contribution in [2.45, 2.75) is 24.2 Å². The lowest BCUT2D eigenvalue weighted by Gasteiger charge is -2.20. The molecule has 0 N–H and O–H groups in total. The van der Waals surface area contributed by atoms with Gasteiger partial charge in [0.05, 0.1) is 10.6 Å². The van der Waals surface area contributed by atoms with Gasteiger partial charge in [-0.25, -0.2) is 12.8 Å². The highest BCUT2D eigenvalue weighted by molar-refractivity contribution is 7.92. The van der Waals surface area contributed by atoms with Crippen molar-refractivity contribution in [1.82, 2.24) is 0 Å². The van der Waals surface area contributed by atoms with Gasteiger partial charge in [-0.15, -0.1) is 0 Å². The summed E-state index contributed by atoms with van der Waals surface area (Å²) in [6.07, 6.45) is 1.04. The molecular weight excluding hydrogens is 389 g/mol. The Hall–Kier alpha value is -2.99. The SMILES string of the molecule is Cc1ccc(S(=O)(=O)N2CC(Cc3ccccc3F)c3c(C=O)cccc32)cc1. The van der Waals surface area contributed by atoms with E-state index < -0.39 is 10.0 Å². The second-order valence-corrected chi connectivity index (χ2v) is 9.10. The highest BCUT2D eigenvalue weighted by Crippen LogP contribution is 2.42. The quantitative estimate of drug-likeness (QED) is 0.584. The first kappa shape index (κ1) is 19.3. The lowest BCUT2D eigenvalue weighted by atomic mass is 9.90. The number of aldehydes is 1. The van der Waals surface area contributed by atoms with Gasteiger partial charge in [0.15, 0.2) is 0 Å². The second kappa shape index (κ2) is 7.44. The monoisotopic (exact) mass is 409 g/mol. The van der Waals surface area contributed by atoms with Crippen LogP contribution in [-0.4, -0.2) is 21.2 Å². The van der Waals surface area contributed by atoms with Crippen molar-refractivity contribution >= 4 is 22.0 Å². The molecule has 0 bridgehead atoms. The largest absolute Gasteiger partial charge is 0.298 e. The first-order valence-electron chi connectivity index (χ1n) is 9.32. The molecule has 4 rings (SSSR count). The van der Waals surface area contributed by atoms with E-state index in [1.165, 1.54) is 10.4 Å². The van der Waals surface area contributed by atoms with Crippen LogP contribution < -0.4 is 4.31 Å². The molecule has 1 aliphatic rings. The van der Waals surface area contributed by atoms with Crippen LogP contribution in [0.4, 0.5) is 10.1 Å². The van der Waals surface area contributed by atoms with E-state index in [9.17, 15) is 17.6 Å². The summed E-state index contributed by atoms with van der Waals surface area (Å²) < 4.78 is 42.2. The lowest BCUT2D eigenvalue weighted by Crippen LogP contribution is -2.30. The van der Waals surface area contributed by atoms with Gasteiger partial charge in [0.1, 0.15) is 12.1 Å². The molecule has 0 saturated heterocycles. The van der Waals surface area contributed by atoms with Crippen LogP contribution in [0.3, 0.4) is 0 Å². The molecular formula is C23H20FNO3S. The molecule has 3 aromatic carbocycles. The molecule has 4 nitrogen and oxygen atoms in total. The van der Waals surface area contributed by atoms with Crippen LogP contribution in [0.25, 0.3) is 0 Å². The molecule has 0 spiro atoms. The van der Waals surface area contributed by atoms with E-state index in [-0.39, 0.29) is 23.2 Å². The van der Waals surface area contributed by atoms with Gasteiger partial charge in [0.2, 0.25) is 0 Å². The van der Waals surface area contributed by atoms with E-state index in [1.54, 1.807) is 60.7 Å². The molecule has 0 saturated carbocycles. The molecule has 0 aromatic heterocycles. The van der Waals surface area contributed by atoms with E-state index in [0.29, 0.717) is 28.8 Å². The van der Waals surface area contributed by atoms with Gasteiger partial charge in [-0.3, -0.25) is 9.10 Å². The summed E-state index contributed by atoms with van der Waals surface area (Å²) in [7, 11) is -3.81. The minimum Gasteiger partial charge on any atom is -0.298 e. The number of fused-ring (bicyclic) bond motifs is 1. The minimum atomic E-state index is -3.81. The van der Waals surface area contributed by atoms with Crippen molar-refractivity contribution in [3.8, 4) is 0 Å². The molecule has 1 unspecified atom stereocenters. The number of benzene rings is 3. The maximum atomic E-state index is 14.2. The molecule has 1 aliphatic heterocycles. The van der Waals surface area contributed by atoms with E-state index in [4.69, 9.17) is 0 Å². The summed E-state index contributed by atoms with van der Waals surface area (Å²) in [5.41, 5.74) is 3.04. The fourth-order valence-corrected chi connectivity index (χ4v) is 5.42. The lowest BCUT2D eigenvalue weighted by molar-refractivity contribution is 0.112. The maximum Gasteiger partial charge on any atom is 0.264 e. The maximum absolute atomic E-state index is 14.2. The van der Waals surface area contributed by atoms with E-state index in [0.717, 1.165) is 11.8 Å². The third-order valence-electron chi connectivity index (χ3n) is 5.34. The third-order valence-corrected chi connectivity index (χ3v) is 7.13. The Morgan fingerprint density at radius 3 is 2.45 bits per heavy atom. The molecule has 0 radical (unpaired) electrons. The Labute approximate surface area is 169 Å². The zero-order valence-corrected chi connectivity index (χ0v) is 16.7. The molecule has 0 aliphatic carbocycles. The number of halogens is 1. The Bertz CT molecular complexity index is 1170. The van der Waals surface area contributed by atoms with E-state index in [2.05, 4.69) is 0 Å². The molecule has 0 amide bonds. The molecule has 1 atom stereocenters. The number of hydrogen-bond donors (Lipinski definition) is 0. The average Bonchev–Trinajstić information content (AvgIpc) is 3.09. The predicted octanol–water partition coefficient (Wildman–Crippen LogP) is 4.48. The van der Waals surface area contributed by atoms with E-state index in [1.807, 2.05) is 6.92 Å². The molecule has 29 heavy (non-hydrogen) atoms. The molecule has 3 aromatic rings. The van der Waals surface area contributed by atoms with Gasteiger partial charge >= 0.3 is 0 Å². The van der Waals surface area contributed by atoms with Gasteiger partial charge < -0.3 is 0 Å². The van der Waals surface area contributed by atoms with Crippen LogP contribution in [-0.2, 0) is 16.4 Å². The van der Waals surface area contributed by atoms with Crippen LogP contribution in [0, 0.1) is 12.7 Å². The van der Waals surface area contributed by atoms with Gasteiger partial charge in [0.25, 0.3) is 10.0 Å². The smallest absolute Gasteiger partial charge is 0.264 e. The topological polar surface area (TPSA) is 54.5 Å². The van der Waals surface area contributed by atoms with Crippen molar-refractivity contribution in [3.05, 3.63) is 94.8 Å². The number of carbonyl (C=O) groups is 1. The summed E-state index contributed by atoms with van der Waals surface area (Å²) in [4.78, 5) is 11.8. The molecule has 148 valence electrons. The molecule has 1 heterocycles. The van der Waals surface area contributed by atoms with Crippen molar-refractivity contribution in [3.63, 3.8) is 0 Å². The summed E-state index contributed by atoms with van der Waals surface area (Å²) in [5.74, 6) is -0.652. The number of aryl methyl sites for hydroxylation is 1. The van der Waals surface area contributed by atoms with Gasteiger partial charge in [0, 0.05) is 18.0 Å². The van der Waals surface area contributed by atoms with Crippen LogP contribution in [0.1, 0.15) is 33.0 Å². The highest BCUT2D eigenvalue weighted by Gasteiger charge is 2.38. The first-order valence-corrected chi connectivity index (χ1v) is 10.8. The second-order valence-electron chi connectivity index (χ2n) is 7.24. The van der Waals surface area contributed by atoms with Gasteiger partial charge in [-0.05, 0) is 48.7 Å². The number of nitrogens with zero attached hydrogens (tertiary/aromatic N) is 1. The Balaban J connectivity index is 1.79. The van der Waals surface area contributed by atoms with Crippen LogP contribution in [0.2, 0.25) is 0 Å². The Morgan fingerprint density at radius 1 is 1.03 bits per heavy atom. The highest BCUT2D eigenvalue weighted by atomic mass is 32.2. The Kier molecular flexibility index (Phi) is 4.96. The van der Waals surface area contributed by atoms with Crippen LogP contribution in [0.5, 0.6) is 0 Å². The molecule has 6 heteroatoms. The standard InChI is InChI=1S/C23H20FNO3S/c1-16-9-11-20(12-10-16)29(27,28)25-14-19(13-17-5-2-3-7-21(17)24)23-18(15-26)6-4-8-22(23)25/h2-12,15,19H,13-14H2,1H3. The normalized spacial score (nSPS) is 15.9. The van der Waals surface area contributed by atoms with Crippen molar-refractivity contribution in [2.24, 2.45) is 0 Å². The predicted molar refractivity (Wildman–Crippen MR) is 110 cm³/mol. The Morgan fingerprint density at radius 2 is 1.76 bits per heavy atom. The van der Waals surface area contributed by atoms with Gasteiger partial charge in [-0.2, -0.15) is 0 Å². The number of sulfonamides is 1. The summed E-state index contributed by atoms with van der Waals surface area (Å²) in [6, 6.07) is 18.2. The average molecular weight is 409 g/mol. The summed E-state index contributed by atoms with van der Waals surface area (Å²) in [5, 5.41) is 0. The fraction of sp³-hybridized carbons (Fsp3) is 0.174. The third kappa shape index (κ3) is 3.44. The number of hydrogen-bond acceptors (Lipinski definition) is 3. The van der Waals surface area contributed by atoms with Crippen molar-refractivity contribution < 1.29 is 17.6 Å². The van der Waals surface area contributed by atoms with Crippen LogP contribution in [0.15, 0.2) is 71.6 Å². The summed E-state index contributed by atoms with van der Waals surface area (Å²) >= 11 is 0. The number of anilines is 1. The van der Waals surface area contributed by atoms with Gasteiger partial charge in [-0.1, -0.05) is 48.0 Å². The number of carbonyl (C=O) groups excluding carboxylic acids is 1. The fourth-order valence-electron chi connectivity index (χ4n) is 3.89. The minimum absolute atomic E-state index is 0.157. The first-order chi connectivity index (χ1) is 13.9. The van der Waals surface area contributed by atoms with Crippen molar-refractivity contribution in [2.75, 3.05) is 10.8 Å². The zero-order chi connectivity index (χ0) is 20.6. The van der Waals surface area contributed by atoms with Crippen molar-refractivity contribution in [1.29, 1.82) is 0 Å². The number of rotatable bonds is 5.